The average Bonchev–Trinajstić information content (AvgIpc) is 3.05. The van der Waals surface area contributed by atoms with Gasteiger partial charge in [-0.05, 0) is 12.8 Å². The van der Waals surface area contributed by atoms with Crippen molar-refractivity contribution in [2.75, 3.05) is 33.5 Å². The van der Waals surface area contributed by atoms with Crippen LogP contribution in [0.5, 0.6) is 0 Å². The molecule has 0 aromatic heterocycles. The van der Waals surface area contributed by atoms with Gasteiger partial charge in [0.2, 0.25) is 0 Å². The standard InChI is InChI=1S/C28H50O18/c1-40-16(32)8-6-4-2-3-5-7-9-41-26-23(39)24(19(35)15(12-31)42-26)45-28-25(21(37)18(34)14(11-30)44-28)46-27-22(38)20(36)17(33)13(10-29)43-27/h13-15,17-31,33-39H,2-12H2,1H3/t13-,14-,15-,17-,18-,19-,20+,21+,22-,23-,24+,25-,26+,27-,28-/m1/s1. The molecule has 3 saturated heterocycles. The summed E-state index contributed by atoms with van der Waals surface area (Å²) in [5, 5.41) is 103. The van der Waals surface area contributed by atoms with E-state index in [2.05, 4.69) is 4.74 Å². The Morgan fingerprint density at radius 2 is 1.04 bits per heavy atom. The molecule has 0 bridgehead atoms. The van der Waals surface area contributed by atoms with Crippen LogP contribution in [0.2, 0.25) is 0 Å². The van der Waals surface area contributed by atoms with Gasteiger partial charge < -0.3 is 84.2 Å². The predicted molar refractivity (Wildman–Crippen MR) is 149 cm³/mol. The molecular formula is C28H50O18. The SMILES string of the molecule is COC(=O)CCCCCCCCO[C@H]1O[C@H](CO)[C@@H](O)[C@H](O[C@H]2O[C@H](CO)[C@@H](O)[C@H](O)[C@H]2O[C@H]2O[C@H](CO)[C@@H](O)[C@H](O)[C@H]2O)[C@H]1O. The number of hydrogen-bond donors (Lipinski definition) is 10. The second-order valence-corrected chi connectivity index (χ2v) is 11.6. The van der Waals surface area contributed by atoms with E-state index in [0.29, 0.717) is 12.8 Å². The number of carbonyl (C=O) groups excluding carboxylic acids is 1. The minimum absolute atomic E-state index is 0.144. The molecule has 0 saturated carbocycles. The van der Waals surface area contributed by atoms with Gasteiger partial charge in [0, 0.05) is 13.0 Å². The molecule has 0 amide bonds. The number of carbonyl (C=O) groups is 1. The van der Waals surface area contributed by atoms with Crippen LogP contribution in [0, 0.1) is 0 Å². The first-order valence-electron chi connectivity index (χ1n) is 15.5. The van der Waals surface area contributed by atoms with Gasteiger partial charge in [0.1, 0.15) is 73.2 Å². The highest BCUT2D eigenvalue weighted by molar-refractivity contribution is 5.68. The maximum absolute atomic E-state index is 11.2. The lowest BCUT2D eigenvalue weighted by atomic mass is 9.96. The molecule has 0 aromatic carbocycles. The summed E-state index contributed by atoms with van der Waals surface area (Å²) in [5.74, 6) is -0.248. The van der Waals surface area contributed by atoms with Crippen LogP contribution in [0.4, 0.5) is 0 Å². The van der Waals surface area contributed by atoms with E-state index >= 15 is 0 Å². The molecule has 270 valence electrons. The van der Waals surface area contributed by atoms with Crippen LogP contribution in [-0.2, 0) is 38.0 Å². The predicted octanol–water partition coefficient (Wildman–Crippen LogP) is -4.64. The smallest absolute Gasteiger partial charge is 0.305 e. The molecule has 3 fully saturated rings. The summed E-state index contributed by atoms with van der Waals surface area (Å²) in [5.41, 5.74) is 0. The maximum Gasteiger partial charge on any atom is 0.305 e. The van der Waals surface area contributed by atoms with Crippen LogP contribution in [0.1, 0.15) is 44.9 Å². The van der Waals surface area contributed by atoms with Gasteiger partial charge in [0.15, 0.2) is 18.9 Å². The van der Waals surface area contributed by atoms with Gasteiger partial charge in [-0.2, -0.15) is 0 Å². The zero-order valence-electron chi connectivity index (χ0n) is 25.7. The molecule has 18 nitrogen and oxygen atoms in total. The third-order valence-electron chi connectivity index (χ3n) is 8.36. The number of aliphatic hydroxyl groups excluding tert-OH is 10. The Morgan fingerprint density at radius 3 is 1.65 bits per heavy atom. The van der Waals surface area contributed by atoms with Gasteiger partial charge in [0.25, 0.3) is 0 Å². The Balaban J connectivity index is 1.64. The van der Waals surface area contributed by atoms with Gasteiger partial charge in [-0.15, -0.1) is 0 Å². The topological polar surface area (TPSA) is 284 Å². The van der Waals surface area contributed by atoms with Crippen LogP contribution >= 0.6 is 0 Å². The summed E-state index contributed by atoms with van der Waals surface area (Å²) >= 11 is 0. The molecule has 10 N–H and O–H groups in total. The van der Waals surface area contributed by atoms with Crippen molar-refractivity contribution in [1.82, 2.24) is 0 Å². The lowest BCUT2D eigenvalue weighted by Gasteiger charge is -2.48. The molecule has 15 atom stereocenters. The van der Waals surface area contributed by atoms with Crippen LogP contribution in [0.15, 0.2) is 0 Å². The lowest BCUT2D eigenvalue weighted by Crippen LogP contribution is -2.67. The lowest BCUT2D eigenvalue weighted by molar-refractivity contribution is -0.389. The molecular weight excluding hydrogens is 624 g/mol. The van der Waals surface area contributed by atoms with Gasteiger partial charge in [-0.1, -0.05) is 25.7 Å². The fourth-order valence-electron chi connectivity index (χ4n) is 5.53. The van der Waals surface area contributed by atoms with E-state index in [1.807, 2.05) is 0 Å². The number of unbranched alkanes of at least 4 members (excludes halogenated alkanes) is 5. The summed E-state index contributed by atoms with van der Waals surface area (Å²) in [7, 11) is 1.35. The fourth-order valence-corrected chi connectivity index (χ4v) is 5.53. The number of ether oxygens (including phenoxy) is 7. The van der Waals surface area contributed by atoms with Gasteiger partial charge in [0.05, 0.1) is 26.9 Å². The van der Waals surface area contributed by atoms with Gasteiger partial charge in [-0.25, -0.2) is 0 Å². The summed E-state index contributed by atoms with van der Waals surface area (Å²) in [4.78, 5) is 11.2. The zero-order chi connectivity index (χ0) is 34.0. The molecule has 46 heavy (non-hydrogen) atoms. The Kier molecular flexibility index (Phi) is 16.3. The summed E-state index contributed by atoms with van der Waals surface area (Å²) in [6.07, 6.45) is -19.7. The van der Waals surface area contributed by atoms with Crippen LogP contribution in [0.3, 0.4) is 0 Å². The normalized spacial score (nSPS) is 41.8. The first-order chi connectivity index (χ1) is 22.0. The Hall–Kier alpha value is -1.17. The molecule has 3 aliphatic rings. The first kappa shape index (κ1) is 39.3. The molecule has 0 aromatic rings. The fraction of sp³-hybridized carbons (Fsp3) is 0.964. The molecule has 0 radical (unpaired) electrons. The van der Waals surface area contributed by atoms with Crippen LogP contribution in [0.25, 0.3) is 0 Å². The number of aliphatic hydroxyl groups is 10. The molecule has 18 heteroatoms. The van der Waals surface area contributed by atoms with Crippen molar-refractivity contribution in [3.63, 3.8) is 0 Å². The zero-order valence-corrected chi connectivity index (χ0v) is 25.7. The Labute approximate surface area is 265 Å². The quantitative estimate of drug-likeness (QED) is 0.0513. The highest BCUT2D eigenvalue weighted by atomic mass is 16.8. The third-order valence-corrected chi connectivity index (χ3v) is 8.36. The molecule has 3 rings (SSSR count). The number of methoxy groups -OCH3 is 1. The largest absolute Gasteiger partial charge is 0.469 e. The van der Waals surface area contributed by atoms with E-state index in [1.54, 1.807) is 0 Å². The van der Waals surface area contributed by atoms with Gasteiger partial charge in [-0.3, -0.25) is 4.79 Å². The van der Waals surface area contributed by atoms with Crippen molar-refractivity contribution >= 4 is 5.97 Å². The third kappa shape index (κ3) is 9.94. The van der Waals surface area contributed by atoms with Gasteiger partial charge >= 0.3 is 5.97 Å². The molecule has 0 aliphatic carbocycles. The number of esters is 1. The van der Waals surface area contributed by atoms with E-state index in [4.69, 9.17) is 28.4 Å². The van der Waals surface area contributed by atoms with Crippen molar-refractivity contribution in [3.8, 4) is 0 Å². The second kappa shape index (κ2) is 19.1. The van der Waals surface area contributed by atoms with Crippen molar-refractivity contribution < 1.29 is 89.0 Å². The Morgan fingerprint density at radius 1 is 0.543 bits per heavy atom. The number of rotatable bonds is 17. The van der Waals surface area contributed by atoms with E-state index in [9.17, 15) is 55.9 Å². The minimum atomic E-state index is -1.89. The molecule has 0 unspecified atom stereocenters. The van der Waals surface area contributed by atoms with Crippen LogP contribution < -0.4 is 0 Å². The van der Waals surface area contributed by atoms with Crippen molar-refractivity contribution in [1.29, 1.82) is 0 Å². The van der Waals surface area contributed by atoms with Crippen LogP contribution in [-0.4, -0.2) is 183 Å². The van der Waals surface area contributed by atoms with Crippen molar-refractivity contribution in [2.45, 2.75) is 137 Å². The van der Waals surface area contributed by atoms with E-state index in [0.717, 1.165) is 32.1 Å². The highest BCUT2D eigenvalue weighted by Gasteiger charge is 2.54. The average molecular weight is 675 g/mol. The molecule has 3 heterocycles. The Bertz CT molecular complexity index is 881. The van der Waals surface area contributed by atoms with E-state index < -0.39 is 112 Å². The molecule has 0 spiro atoms. The minimum Gasteiger partial charge on any atom is -0.469 e. The monoisotopic (exact) mass is 674 g/mol. The first-order valence-corrected chi connectivity index (χ1v) is 15.5. The number of hydrogen-bond acceptors (Lipinski definition) is 18. The van der Waals surface area contributed by atoms with E-state index in [-0.39, 0.29) is 12.6 Å². The molecule has 3 aliphatic heterocycles. The second-order valence-electron chi connectivity index (χ2n) is 11.6. The maximum atomic E-state index is 11.2. The van der Waals surface area contributed by atoms with E-state index in [1.165, 1.54) is 7.11 Å². The summed E-state index contributed by atoms with van der Waals surface area (Å²) in [6.45, 7) is -2.12. The highest BCUT2D eigenvalue weighted by Crippen LogP contribution is 2.33. The summed E-state index contributed by atoms with van der Waals surface area (Å²) < 4.78 is 38.2. The van der Waals surface area contributed by atoms with Crippen molar-refractivity contribution in [2.24, 2.45) is 0 Å². The summed E-state index contributed by atoms with van der Waals surface area (Å²) in [6, 6.07) is 0. The van der Waals surface area contributed by atoms with Crippen molar-refractivity contribution in [3.05, 3.63) is 0 Å².